The molecule has 0 radical (unpaired) electrons. The first kappa shape index (κ1) is 16.3. The lowest BCUT2D eigenvalue weighted by Gasteiger charge is -2.03. The van der Waals surface area contributed by atoms with Gasteiger partial charge in [0.25, 0.3) is 5.91 Å². The van der Waals surface area contributed by atoms with Crippen molar-refractivity contribution < 1.29 is 14.1 Å². The van der Waals surface area contributed by atoms with E-state index in [9.17, 15) is 19.3 Å². The van der Waals surface area contributed by atoms with Crippen LogP contribution in [0.15, 0.2) is 42.9 Å². The van der Waals surface area contributed by atoms with Gasteiger partial charge >= 0.3 is 5.69 Å². The molecule has 0 saturated carbocycles. The minimum Gasteiger partial charge on any atom is -0.318 e. The highest BCUT2D eigenvalue weighted by molar-refractivity contribution is 6.05. The number of hydrogen-bond donors (Lipinski definition) is 1. The van der Waals surface area contributed by atoms with Crippen molar-refractivity contribution in [3.63, 3.8) is 0 Å². The standard InChI is InChI=1S/C15H13FN6O3/c1-20-14(13(7-17-20)22(24)25)15(23)19-12-6-18-21(9-12)8-10-3-2-4-11(16)5-10/h2-7,9H,8H2,1H3,(H,19,23). The second kappa shape index (κ2) is 6.51. The molecule has 0 fully saturated rings. The minimum atomic E-state index is -0.671. The van der Waals surface area contributed by atoms with Crippen LogP contribution in [-0.4, -0.2) is 30.4 Å². The number of carbonyl (C=O) groups is 1. The average Bonchev–Trinajstić information content (AvgIpc) is 3.14. The van der Waals surface area contributed by atoms with Gasteiger partial charge in [-0.2, -0.15) is 10.2 Å². The number of benzene rings is 1. The number of rotatable bonds is 5. The molecule has 0 atom stereocenters. The third kappa shape index (κ3) is 3.52. The van der Waals surface area contributed by atoms with Gasteiger partial charge in [0.15, 0.2) is 0 Å². The van der Waals surface area contributed by atoms with Gasteiger partial charge in [0, 0.05) is 13.2 Å². The van der Waals surface area contributed by atoms with E-state index in [1.807, 2.05) is 0 Å². The molecule has 128 valence electrons. The Morgan fingerprint density at radius 2 is 2.16 bits per heavy atom. The molecule has 0 aliphatic carbocycles. The maximum absolute atomic E-state index is 13.2. The maximum Gasteiger partial charge on any atom is 0.320 e. The highest BCUT2D eigenvalue weighted by Gasteiger charge is 2.25. The Labute approximate surface area is 140 Å². The van der Waals surface area contributed by atoms with Crippen molar-refractivity contribution in [2.45, 2.75) is 6.54 Å². The number of carbonyl (C=O) groups excluding carboxylic acids is 1. The van der Waals surface area contributed by atoms with E-state index in [2.05, 4.69) is 15.5 Å². The Hall–Kier alpha value is -3.56. The van der Waals surface area contributed by atoms with Crippen molar-refractivity contribution in [2.24, 2.45) is 7.05 Å². The molecule has 1 amide bonds. The number of anilines is 1. The number of nitro groups is 1. The van der Waals surface area contributed by atoms with Gasteiger partial charge in [-0.3, -0.25) is 24.3 Å². The number of nitrogens with one attached hydrogen (secondary N) is 1. The number of amides is 1. The molecule has 0 aliphatic rings. The van der Waals surface area contributed by atoms with Crippen LogP contribution < -0.4 is 5.32 Å². The summed E-state index contributed by atoms with van der Waals surface area (Å²) in [4.78, 5) is 22.6. The van der Waals surface area contributed by atoms with Gasteiger partial charge in [0.2, 0.25) is 5.69 Å². The van der Waals surface area contributed by atoms with Crippen LogP contribution >= 0.6 is 0 Å². The molecule has 2 heterocycles. The Morgan fingerprint density at radius 1 is 1.36 bits per heavy atom. The topological polar surface area (TPSA) is 108 Å². The Morgan fingerprint density at radius 3 is 2.88 bits per heavy atom. The van der Waals surface area contributed by atoms with E-state index in [-0.39, 0.29) is 17.2 Å². The van der Waals surface area contributed by atoms with Crippen LogP contribution in [0.25, 0.3) is 0 Å². The third-order valence-corrected chi connectivity index (χ3v) is 3.46. The van der Waals surface area contributed by atoms with Gasteiger partial charge in [-0.15, -0.1) is 0 Å². The van der Waals surface area contributed by atoms with Crippen molar-refractivity contribution in [3.8, 4) is 0 Å². The Bertz CT molecular complexity index is 948. The molecular weight excluding hydrogens is 331 g/mol. The quantitative estimate of drug-likeness (QED) is 0.562. The zero-order chi connectivity index (χ0) is 18.0. The van der Waals surface area contributed by atoms with E-state index in [1.54, 1.807) is 18.3 Å². The lowest BCUT2D eigenvalue weighted by Crippen LogP contribution is -2.17. The molecule has 3 rings (SSSR count). The van der Waals surface area contributed by atoms with E-state index in [0.717, 1.165) is 10.9 Å². The van der Waals surface area contributed by atoms with Crippen LogP contribution in [0, 0.1) is 15.9 Å². The molecule has 0 spiro atoms. The Balaban J connectivity index is 1.74. The monoisotopic (exact) mass is 344 g/mol. The van der Waals surface area contributed by atoms with Gasteiger partial charge in [-0.25, -0.2) is 4.39 Å². The maximum atomic E-state index is 13.2. The van der Waals surface area contributed by atoms with E-state index in [0.29, 0.717) is 17.8 Å². The second-order valence-electron chi connectivity index (χ2n) is 5.27. The van der Waals surface area contributed by atoms with Crippen LogP contribution in [0.5, 0.6) is 0 Å². The van der Waals surface area contributed by atoms with Gasteiger partial charge in [-0.05, 0) is 17.7 Å². The summed E-state index contributed by atoms with van der Waals surface area (Å²) in [7, 11) is 1.44. The molecule has 1 N–H and O–H groups in total. The van der Waals surface area contributed by atoms with E-state index < -0.39 is 10.8 Å². The smallest absolute Gasteiger partial charge is 0.318 e. The molecule has 9 nitrogen and oxygen atoms in total. The fraction of sp³-hybridized carbons (Fsp3) is 0.133. The SMILES string of the molecule is Cn1ncc([N+](=O)[O-])c1C(=O)Nc1cnn(Cc2cccc(F)c2)c1. The number of hydrogen-bond acceptors (Lipinski definition) is 5. The molecule has 0 aliphatic heterocycles. The van der Waals surface area contributed by atoms with Crippen LogP contribution in [-0.2, 0) is 13.6 Å². The van der Waals surface area contributed by atoms with Crippen molar-refractivity contribution in [1.82, 2.24) is 19.6 Å². The zero-order valence-corrected chi connectivity index (χ0v) is 13.1. The summed E-state index contributed by atoms with van der Waals surface area (Å²) >= 11 is 0. The fourth-order valence-corrected chi connectivity index (χ4v) is 2.35. The van der Waals surface area contributed by atoms with Crippen molar-refractivity contribution in [1.29, 1.82) is 0 Å². The predicted molar refractivity (Wildman–Crippen MR) is 85.5 cm³/mol. The van der Waals surface area contributed by atoms with Gasteiger partial charge in [-0.1, -0.05) is 12.1 Å². The largest absolute Gasteiger partial charge is 0.320 e. The van der Waals surface area contributed by atoms with Crippen molar-refractivity contribution in [2.75, 3.05) is 5.32 Å². The highest BCUT2D eigenvalue weighted by atomic mass is 19.1. The van der Waals surface area contributed by atoms with E-state index >= 15 is 0 Å². The molecule has 10 heteroatoms. The number of nitrogens with zero attached hydrogens (tertiary/aromatic N) is 5. The lowest BCUT2D eigenvalue weighted by atomic mass is 10.2. The third-order valence-electron chi connectivity index (χ3n) is 3.46. The van der Waals surface area contributed by atoms with Crippen LogP contribution in [0.2, 0.25) is 0 Å². The molecular formula is C15H13FN6O3. The molecule has 0 unspecified atom stereocenters. The first-order chi connectivity index (χ1) is 11.9. The minimum absolute atomic E-state index is 0.164. The summed E-state index contributed by atoms with van der Waals surface area (Å²) in [5, 5.41) is 21.3. The van der Waals surface area contributed by atoms with Crippen LogP contribution in [0.1, 0.15) is 16.1 Å². The fourth-order valence-electron chi connectivity index (χ4n) is 2.35. The predicted octanol–water partition coefficient (Wildman–Crippen LogP) is 1.96. The molecule has 3 aromatic rings. The van der Waals surface area contributed by atoms with Gasteiger partial charge < -0.3 is 5.32 Å². The van der Waals surface area contributed by atoms with Crippen molar-refractivity contribution in [3.05, 3.63) is 70.0 Å². The molecule has 0 saturated heterocycles. The normalized spacial score (nSPS) is 10.6. The Kier molecular flexibility index (Phi) is 4.25. The number of aromatic nitrogens is 4. The second-order valence-corrected chi connectivity index (χ2v) is 5.27. The molecule has 0 bridgehead atoms. The summed E-state index contributed by atoms with van der Waals surface area (Å²) in [5.41, 5.74) is 0.523. The molecule has 25 heavy (non-hydrogen) atoms. The van der Waals surface area contributed by atoms with Gasteiger partial charge in [0.1, 0.15) is 12.0 Å². The number of aryl methyl sites for hydroxylation is 1. The van der Waals surface area contributed by atoms with Crippen LogP contribution in [0.3, 0.4) is 0 Å². The summed E-state index contributed by atoms with van der Waals surface area (Å²) in [6.45, 7) is 0.319. The lowest BCUT2D eigenvalue weighted by molar-refractivity contribution is -0.385. The van der Waals surface area contributed by atoms with E-state index in [1.165, 1.54) is 30.1 Å². The zero-order valence-electron chi connectivity index (χ0n) is 13.1. The summed E-state index contributed by atoms with van der Waals surface area (Å²) in [6, 6.07) is 6.08. The summed E-state index contributed by atoms with van der Waals surface area (Å²) in [5.74, 6) is -1.02. The van der Waals surface area contributed by atoms with Crippen LogP contribution in [0.4, 0.5) is 15.8 Å². The average molecular weight is 344 g/mol. The van der Waals surface area contributed by atoms with Crippen molar-refractivity contribution >= 4 is 17.3 Å². The first-order valence-corrected chi connectivity index (χ1v) is 7.18. The van der Waals surface area contributed by atoms with E-state index in [4.69, 9.17) is 0 Å². The number of halogens is 1. The first-order valence-electron chi connectivity index (χ1n) is 7.18. The highest BCUT2D eigenvalue weighted by Crippen LogP contribution is 2.18. The molecule has 1 aromatic carbocycles. The van der Waals surface area contributed by atoms with Gasteiger partial charge in [0.05, 0.1) is 23.4 Å². The molecule has 2 aromatic heterocycles. The summed E-state index contributed by atoms with van der Waals surface area (Å²) < 4.78 is 15.8. The summed E-state index contributed by atoms with van der Waals surface area (Å²) in [6.07, 6.45) is 3.96.